The van der Waals surface area contributed by atoms with Gasteiger partial charge in [0.25, 0.3) is 0 Å². The Hall–Kier alpha value is -13.3. The Balaban J connectivity index is 1.62. The van der Waals surface area contributed by atoms with Gasteiger partial charge in [0.1, 0.15) is 78.5 Å². The van der Waals surface area contributed by atoms with Crippen molar-refractivity contribution in [1.29, 1.82) is 5.41 Å². The molecule has 1 heterocycles. The largest absolute Gasteiger partial charge is 0.481 e. The summed E-state index contributed by atoms with van der Waals surface area (Å²) in [5.74, 6) is -21.9. The number of primary amides is 2. The number of carboxylic acids is 3. The summed E-state index contributed by atoms with van der Waals surface area (Å²) in [6.07, 6.45) is -2.22. The van der Waals surface area contributed by atoms with E-state index in [1.165, 1.54) is 11.8 Å². The normalized spacial score (nSPS) is 15.5. The highest BCUT2D eigenvalue weighted by molar-refractivity contribution is 6.01. The summed E-state index contributed by atoms with van der Waals surface area (Å²) >= 11 is 0. The number of carboxylic acid groups (broad SMARTS) is 3. The van der Waals surface area contributed by atoms with Crippen molar-refractivity contribution in [2.75, 3.05) is 32.7 Å². The molecule has 16 amide bonds. The molecule has 1 saturated heterocycles. The Labute approximate surface area is 747 Å². The predicted molar refractivity (Wildman–Crippen MR) is 468 cm³/mol. The van der Waals surface area contributed by atoms with Crippen LogP contribution in [0.1, 0.15) is 167 Å². The number of unbranched alkanes of at least 4 members (excludes halogenated alkanes) is 2. The maximum atomic E-state index is 15.1. The van der Waals surface area contributed by atoms with Crippen LogP contribution in [0.4, 0.5) is 0 Å². The van der Waals surface area contributed by atoms with Gasteiger partial charge in [-0.25, -0.2) is 4.79 Å². The van der Waals surface area contributed by atoms with Gasteiger partial charge >= 0.3 is 17.9 Å². The Bertz CT molecular complexity index is 4300. The van der Waals surface area contributed by atoms with E-state index in [1.807, 2.05) is 19.2 Å². The lowest BCUT2D eigenvalue weighted by Crippen LogP contribution is -2.61. The van der Waals surface area contributed by atoms with Gasteiger partial charge in [-0.3, -0.25) is 91.7 Å². The van der Waals surface area contributed by atoms with Crippen LogP contribution in [0.3, 0.4) is 0 Å². The van der Waals surface area contributed by atoms with Crippen molar-refractivity contribution in [3.8, 4) is 0 Å². The van der Waals surface area contributed by atoms with Crippen molar-refractivity contribution < 1.29 is 106 Å². The number of carbonyl (C=O) groups is 19. The third-order valence-corrected chi connectivity index (χ3v) is 21.0. The van der Waals surface area contributed by atoms with E-state index in [0.29, 0.717) is 61.9 Å². The van der Waals surface area contributed by atoms with Crippen LogP contribution >= 0.6 is 0 Å². The standard InChI is InChI=1S/C85H128N22O22/c1-6-48(4)70(82(126)95-49(5)71(115)105-63(84(128)129)45-69(113)114)106-80(124)61(44-68(111)112)102-74(118)54(30-20-38-93-85(91)92)96-67(110)46-94-73(117)58(41-50-22-10-7-11-23-50)100-77(121)57(33-35-66(90)109)98-76(120)56(32-34-65(89)108)99-78(122)60(43-52-26-14-9-15-27-52)103-81(125)64-31-21-39-107(64)83(127)62(40-47(2)3)104-79(123)59(42-51-24-12-8-13-25-51)101-75(119)55(29-17-19-37-87)97-72(116)53(88)28-16-18-36-86/h7-15,22-27,47-49,53-64,70H,6,16-21,28-46,86-88H2,1-5H3,(H2,89,108)(H2,90,109)(H,94,117)(H,95,126)(H,96,110)(H,97,116)(H,98,120)(H,99,122)(H,100,121)(H,101,119)(H,102,118)(H,103,125)(H,104,123)(H,105,115)(H,106,124)(H,111,112)(H,113,114)(H,128,129)(H4,91,92,93)/t48-,49-,53-,54-,55-,56-,57-,58-,59-,60-,61-,62-,63-,64-,70-/m0/s1. The quantitative estimate of drug-likeness (QED) is 0.0143. The number of likely N-dealkylation sites (tertiary alicyclic amines) is 1. The first-order chi connectivity index (χ1) is 61.1. The number of hydrogen-bond acceptors (Lipinski definition) is 23. The van der Waals surface area contributed by atoms with Crippen molar-refractivity contribution in [3.05, 3.63) is 108 Å². The maximum absolute atomic E-state index is 15.1. The average molecular weight is 1810 g/mol. The second-order valence-electron chi connectivity index (χ2n) is 32.1. The second kappa shape index (κ2) is 56.7. The number of nitrogens with two attached hydrogens (primary N) is 6. The Morgan fingerprint density at radius 2 is 0.837 bits per heavy atom. The van der Waals surface area contributed by atoms with Crippen LogP contribution in [0.2, 0.25) is 0 Å². The van der Waals surface area contributed by atoms with Gasteiger partial charge in [-0.2, -0.15) is 0 Å². The minimum Gasteiger partial charge on any atom is -0.481 e. The average Bonchev–Trinajstić information content (AvgIpc) is 1.80. The van der Waals surface area contributed by atoms with Crippen molar-refractivity contribution in [3.63, 3.8) is 0 Å². The fraction of sp³-hybridized carbons (Fsp3) is 0.553. The third kappa shape index (κ3) is 40.1. The summed E-state index contributed by atoms with van der Waals surface area (Å²) in [7, 11) is 0. The third-order valence-electron chi connectivity index (χ3n) is 21.0. The van der Waals surface area contributed by atoms with Crippen LogP contribution in [0, 0.1) is 17.2 Å². The number of aliphatic carboxylic acids is 3. The first-order valence-corrected chi connectivity index (χ1v) is 43.0. The van der Waals surface area contributed by atoms with E-state index in [4.69, 9.17) is 44.9 Å². The number of carbonyl (C=O) groups excluding carboxylic acids is 16. The molecular formula is C85H128N22O22. The molecule has 1 aliphatic heterocycles. The number of guanidine groups is 1. The summed E-state index contributed by atoms with van der Waals surface area (Å²) in [5, 5.41) is 71.0. The molecule has 0 aromatic heterocycles. The molecule has 0 unspecified atom stereocenters. The zero-order valence-corrected chi connectivity index (χ0v) is 73.3. The van der Waals surface area contributed by atoms with Gasteiger partial charge in [0.05, 0.1) is 25.4 Å². The molecule has 15 atom stereocenters. The number of nitrogens with one attached hydrogen (secondary N) is 15. The molecule has 0 radical (unpaired) electrons. The maximum Gasteiger partial charge on any atom is 0.326 e. The Morgan fingerprint density at radius 3 is 1.29 bits per heavy atom. The molecule has 129 heavy (non-hydrogen) atoms. The summed E-state index contributed by atoms with van der Waals surface area (Å²) in [4.78, 5) is 262. The fourth-order valence-electron chi connectivity index (χ4n) is 13.8. The molecule has 0 aliphatic carbocycles. The second-order valence-corrected chi connectivity index (χ2v) is 32.1. The highest BCUT2D eigenvalue weighted by Gasteiger charge is 2.43. The summed E-state index contributed by atoms with van der Waals surface area (Å²) in [6, 6.07) is 3.61. The number of hydrogen-bond donors (Lipinski definition) is 24. The van der Waals surface area contributed by atoms with Crippen molar-refractivity contribution >= 4 is 118 Å². The highest BCUT2D eigenvalue weighted by Crippen LogP contribution is 2.23. The number of rotatable bonds is 60. The first kappa shape index (κ1) is 108. The van der Waals surface area contributed by atoms with Crippen LogP contribution in [0.5, 0.6) is 0 Å². The zero-order chi connectivity index (χ0) is 96.0. The molecule has 4 rings (SSSR count). The molecule has 1 aliphatic rings. The van der Waals surface area contributed by atoms with Gasteiger partial charge in [-0.15, -0.1) is 0 Å². The number of amides is 16. The molecule has 0 bridgehead atoms. The predicted octanol–water partition coefficient (Wildman–Crippen LogP) is -4.84. The molecule has 3 aromatic carbocycles. The SMILES string of the molecule is CC[C@H](C)[C@H](NC(=O)[C@H](CC(=O)O)NC(=O)[C@H](CCCNC(=N)N)NC(=O)CNC(=O)[C@H](Cc1ccccc1)NC(=O)[C@H](CCC(N)=O)NC(=O)[C@H](CCC(N)=O)NC(=O)[C@H](Cc1ccccc1)NC(=O)[C@@H]1CCCN1C(=O)[C@H](CC(C)C)NC(=O)[C@H](Cc1ccccc1)NC(=O)[C@H](CCCCN)NC(=O)[C@@H](N)CCCCN)C(=O)N[C@@H](C)C(=O)N[C@@H](CC(=O)O)C(=O)O. The van der Waals surface area contributed by atoms with Gasteiger partial charge in [0.2, 0.25) is 94.5 Å². The van der Waals surface area contributed by atoms with Gasteiger partial charge in [-0.05, 0) is 126 Å². The first-order valence-electron chi connectivity index (χ1n) is 43.0. The van der Waals surface area contributed by atoms with Gasteiger partial charge in [-0.1, -0.05) is 132 Å². The monoisotopic (exact) mass is 1810 g/mol. The minimum absolute atomic E-state index is 0.0142. The van der Waals surface area contributed by atoms with E-state index in [9.17, 15) is 96.5 Å². The fourth-order valence-corrected chi connectivity index (χ4v) is 13.8. The van der Waals surface area contributed by atoms with Gasteiger partial charge in [0, 0.05) is 45.2 Å². The zero-order valence-electron chi connectivity index (χ0n) is 73.3. The minimum atomic E-state index is -1.99. The molecule has 710 valence electrons. The van der Waals surface area contributed by atoms with Crippen LogP contribution in [0.15, 0.2) is 91.0 Å². The Kier molecular flexibility index (Phi) is 47.5. The van der Waals surface area contributed by atoms with Crippen molar-refractivity contribution in [2.24, 2.45) is 46.2 Å². The van der Waals surface area contributed by atoms with E-state index in [2.05, 4.69) is 69.1 Å². The van der Waals surface area contributed by atoms with E-state index in [1.54, 1.807) is 97.9 Å². The summed E-state index contributed by atoms with van der Waals surface area (Å²) in [6.45, 7) is 7.52. The molecule has 44 heteroatoms. The van der Waals surface area contributed by atoms with Crippen LogP contribution in [-0.2, 0) is 110 Å². The lowest BCUT2D eigenvalue weighted by Gasteiger charge is -2.32. The van der Waals surface area contributed by atoms with E-state index in [-0.39, 0.29) is 83.2 Å². The molecule has 30 N–H and O–H groups in total. The molecule has 3 aromatic rings. The topological polar surface area (TPSA) is 737 Å². The number of nitrogens with zero attached hydrogens (tertiary/aromatic N) is 1. The molecule has 44 nitrogen and oxygen atoms in total. The molecule has 0 spiro atoms. The van der Waals surface area contributed by atoms with E-state index >= 15 is 4.79 Å². The van der Waals surface area contributed by atoms with E-state index in [0.717, 1.165) is 6.92 Å². The lowest BCUT2D eigenvalue weighted by atomic mass is 9.97. The molecule has 1 fully saturated rings. The van der Waals surface area contributed by atoms with Crippen molar-refractivity contribution in [2.45, 2.75) is 254 Å². The van der Waals surface area contributed by atoms with Gasteiger partial charge in [0.15, 0.2) is 5.96 Å². The van der Waals surface area contributed by atoms with Crippen LogP contribution in [0.25, 0.3) is 0 Å². The smallest absolute Gasteiger partial charge is 0.326 e. The molecular weight excluding hydrogens is 1680 g/mol. The van der Waals surface area contributed by atoms with Gasteiger partial charge < -0.3 is 129 Å². The highest BCUT2D eigenvalue weighted by atomic mass is 16.4. The molecule has 0 saturated carbocycles. The lowest BCUT2D eigenvalue weighted by molar-refractivity contribution is -0.147. The number of benzene rings is 3. The van der Waals surface area contributed by atoms with Crippen LogP contribution < -0.4 is 109 Å². The van der Waals surface area contributed by atoms with E-state index < -0.39 is 254 Å². The Morgan fingerprint density at radius 1 is 0.434 bits per heavy atom. The van der Waals surface area contributed by atoms with Crippen molar-refractivity contribution in [1.82, 2.24) is 79.3 Å². The van der Waals surface area contributed by atoms with Crippen LogP contribution in [-0.4, -0.2) is 256 Å². The summed E-state index contributed by atoms with van der Waals surface area (Å²) in [5.41, 5.74) is 35.8. The summed E-state index contributed by atoms with van der Waals surface area (Å²) < 4.78 is 0.